The van der Waals surface area contributed by atoms with Crippen LogP contribution in [0.4, 0.5) is 5.69 Å². The molecule has 4 rings (SSSR count). The quantitative estimate of drug-likeness (QED) is 0.203. The zero-order chi connectivity index (χ0) is 24.4. The van der Waals surface area contributed by atoms with Crippen LogP contribution in [0.25, 0.3) is 0 Å². The first-order chi connectivity index (χ1) is 16.3. The molecule has 1 heterocycles. The number of allylic oxidation sites excluding steroid dienone is 2. The van der Waals surface area contributed by atoms with Crippen molar-refractivity contribution >= 4 is 29.2 Å². The number of benzene rings is 2. The largest absolute Gasteiger partial charge is 0.497 e. The summed E-state index contributed by atoms with van der Waals surface area (Å²) in [6.07, 6.45) is 4.27. The molecule has 2 aromatic rings. The number of Topliss-reactive ketones (excluding diaryl/α,β-unsaturated/α-hetero) is 1. The van der Waals surface area contributed by atoms with Crippen molar-refractivity contribution in [1.82, 2.24) is 10.0 Å². The maximum absolute atomic E-state index is 13.5. The zero-order valence-electron chi connectivity index (χ0n) is 18.2. The number of methoxy groups -OCH3 is 1. The molecule has 1 aliphatic carbocycles. The molecule has 0 radical (unpaired) electrons. The van der Waals surface area contributed by atoms with Gasteiger partial charge in [-0.05, 0) is 31.0 Å². The van der Waals surface area contributed by atoms with Crippen molar-refractivity contribution in [1.29, 1.82) is 0 Å². The topological polar surface area (TPSA) is 127 Å². The predicted octanol–water partition coefficient (Wildman–Crippen LogP) is 2.79. The van der Waals surface area contributed by atoms with E-state index in [9.17, 15) is 29.3 Å². The first-order valence-electron chi connectivity index (χ1n) is 10.6. The summed E-state index contributed by atoms with van der Waals surface area (Å²) >= 11 is 0. The second kappa shape index (κ2) is 9.26. The van der Waals surface area contributed by atoms with E-state index in [0.29, 0.717) is 23.6 Å². The smallest absolute Gasteiger partial charge is 0.282 e. The van der Waals surface area contributed by atoms with Gasteiger partial charge >= 0.3 is 0 Å². The monoisotopic (exact) mass is 463 g/mol. The van der Waals surface area contributed by atoms with Gasteiger partial charge in [-0.1, -0.05) is 36.4 Å². The average molecular weight is 463 g/mol. The minimum Gasteiger partial charge on any atom is -0.497 e. The summed E-state index contributed by atoms with van der Waals surface area (Å²) in [7, 11) is 1.44. The molecule has 2 aromatic carbocycles. The first-order valence-corrected chi connectivity index (χ1v) is 10.6. The summed E-state index contributed by atoms with van der Waals surface area (Å²) in [6.45, 7) is -0.664. The Labute approximate surface area is 194 Å². The Hall–Kier alpha value is -4.34. The molecule has 0 saturated carbocycles. The third kappa shape index (κ3) is 4.05. The van der Waals surface area contributed by atoms with Gasteiger partial charge in [0, 0.05) is 11.6 Å². The summed E-state index contributed by atoms with van der Waals surface area (Å²) in [5, 5.41) is 12.9. The number of para-hydroxylation sites is 1. The Morgan fingerprint density at radius 1 is 1.06 bits per heavy atom. The number of imide groups is 1. The number of carbonyl (C=O) groups is 4. The van der Waals surface area contributed by atoms with Gasteiger partial charge in [0.2, 0.25) is 0 Å². The van der Waals surface area contributed by atoms with Gasteiger partial charge in [-0.3, -0.25) is 29.3 Å². The second-order valence-electron chi connectivity index (χ2n) is 7.94. The molecule has 34 heavy (non-hydrogen) atoms. The van der Waals surface area contributed by atoms with Crippen molar-refractivity contribution in [3.8, 4) is 5.75 Å². The Morgan fingerprint density at radius 3 is 2.32 bits per heavy atom. The molecule has 0 bridgehead atoms. The van der Waals surface area contributed by atoms with Crippen molar-refractivity contribution in [3.63, 3.8) is 0 Å². The Balaban J connectivity index is 1.74. The van der Waals surface area contributed by atoms with Gasteiger partial charge in [0.15, 0.2) is 5.78 Å². The molecule has 2 atom stereocenters. The fraction of sp³-hybridized carbons (Fsp3) is 0.250. The molecule has 3 amide bonds. The van der Waals surface area contributed by atoms with Crippen LogP contribution in [-0.2, 0) is 9.59 Å². The fourth-order valence-corrected chi connectivity index (χ4v) is 4.23. The van der Waals surface area contributed by atoms with Crippen LogP contribution in [0.2, 0.25) is 0 Å². The molecule has 1 fully saturated rings. The van der Waals surface area contributed by atoms with E-state index >= 15 is 0 Å². The highest BCUT2D eigenvalue weighted by Crippen LogP contribution is 2.36. The highest BCUT2D eigenvalue weighted by atomic mass is 16.6. The lowest BCUT2D eigenvalue weighted by Crippen LogP contribution is -2.52. The van der Waals surface area contributed by atoms with Crippen LogP contribution in [0.15, 0.2) is 60.7 Å². The van der Waals surface area contributed by atoms with Crippen molar-refractivity contribution in [2.45, 2.75) is 12.8 Å². The molecule has 1 aliphatic heterocycles. The van der Waals surface area contributed by atoms with Crippen molar-refractivity contribution in [2.75, 3.05) is 13.7 Å². The van der Waals surface area contributed by atoms with Gasteiger partial charge in [0.25, 0.3) is 23.4 Å². The molecule has 0 unspecified atom stereocenters. The molecule has 1 saturated heterocycles. The number of hydrazine groups is 1. The standard InChI is InChI=1S/C24H21N3O7/c1-34-16-8-6-7-15(13-16)21(28)14-25(22(29)19-11-4-5-12-20(19)27(32)33)26-23(30)17-9-2-3-10-18(17)24(26)31/h2-8,11-13,17-18H,9-10,14H2,1H3/t17-,18+. The van der Waals surface area contributed by atoms with E-state index in [2.05, 4.69) is 0 Å². The summed E-state index contributed by atoms with van der Waals surface area (Å²) in [5.74, 6) is -3.66. The predicted molar refractivity (Wildman–Crippen MR) is 119 cm³/mol. The number of rotatable bonds is 7. The molecular weight excluding hydrogens is 442 g/mol. The Morgan fingerprint density at radius 2 is 1.71 bits per heavy atom. The lowest BCUT2D eigenvalue weighted by molar-refractivity contribution is -0.385. The molecule has 10 heteroatoms. The molecule has 0 spiro atoms. The van der Waals surface area contributed by atoms with Crippen LogP contribution in [0.1, 0.15) is 33.6 Å². The molecule has 10 nitrogen and oxygen atoms in total. The number of nitro benzene ring substituents is 1. The van der Waals surface area contributed by atoms with Gasteiger partial charge in [-0.15, -0.1) is 0 Å². The number of ketones is 1. The number of nitrogens with zero attached hydrogens (tertiary/aromatic N) is 3. The average Bonchev–Trinajstić information content (AvgIpc) is 3.11. The van der Waals surface area contributed by atoms with E-state index in [1.165, 1.54) is 37.4 Å². The van der Waals surface area contributed by atoms with Gasteiger partial charge in [0.05, 0.1) is 23.9 Å². The number of carbonyl (C=O) groups excluding carboxylic acids is 4. The highest BCUT2D eigenvalue weighted by molar-refractivity contribution is 6.10. The summed E-state index contributed by atoms with van der Waals surface area (Å²) in [6, 6.07) is 11.4. The zero-order valence-corrected chi connectivity index (χ0v) is 18.2. The number of amides is 3. The van der Waals surface area contributed by atoms with Gasteiger partial charge in [-0.25, -0.2) is 5.01 Å². The number of hydrogen-bond donors (Lipinski definition) is 0. The van der Waals surface area contributed by atoms with Gasteiger partial charge in [0.1, 0.15) is 17.9 Å². The summed E-state index contributed by atoms with van der Waals surface area (Å²) in [4.78, 5) is 63.8. The first kappa shape index (κ1) is 22.8. The molecule has 0 aromatic heterocycles. The summed E-state index contributed by atoms with van der Waals surface area (Å²) < 4.78 is 5.13. The van der Waals surface area contributed by atoms with Crippen LogP contribution in [-0.4, -0.2) is 52.1 Å². The third-order valence-corrected chi connectivity index (χ3v) is 5.98. The minimum atomic E-state index is -0.989. The highest BCUT2D eigenvalue weighted by Gasteiger charge is 2.51. The maximum Gasteiger partial charge on any atom is 0.282 e. The van der Waals surface area contributed by atoms with Crippen LogP contribution < -0.4 is 4.74 Å². The normalized spacial score (nSPS) is 19.0. The van der Waals surface area contributed by atoms with Crippen molar-refractivity contribution in [3.05, 3.63) is 81.9 Å². The SMILES string of the molecule is COc1cccc(C(=O)CN(C(=O)c2ccccc2[N+](=O)[O-])N2C(=O)[C@H]3CC=CC[C@H]3C2=O)c1. The van der Waals surface area contributed by atoms with Crippen LogP contribution >= 0.6 is 0 Å². The van der Waals surface area contributed by atoms with E-state index in [1.807, 2.05) is 0 Å². The Kier molecular flexibility index (Phi) is 6.22. The number of fused-ring (bicyclic) bond motifs is 1. The van der Waals surface area contributed by atoms with E-state index in [4.69, 9.17) is 4.74 Å². The molecule has 2 aliphatic rings. The lowest BCUT2D eigenvalue weighted by atomic mass is 9.85. The number of nitro groups is 1. The second-order valence-corrected chi connectivity index (χ2v) is 7.94. The fourth-order valence-electron chi connectivity index (χ4n) is 4.23. The van der Waals surface area contributed by atoms with E-state index in [1.54, 1.807) is 24.3 Å². The van der Waals surface area contributed by atoms with Crippen LogP contribution in [0, 0.1) is 22.0 Å². The van der Waals surface area contributed by atoms with E-state index in [0.717, 1.165) is 11.1 Å². The molecule has 174 valence electrons. The molecule has 0 N–H and O–H groups in total. The number of ether oxygens (including phenoxy) is 1. The number of hydrogen-bond acceptors (Lipinski definition) is 7. The molecular formula is C24H21N3O7. The van der Waals surface area contributed by atoms with Crippen LogP contribution in [0.5, 0.6) is 5.75 Å². The van der Waals surface area contributed by atoms with Crippen molar-refractivity contribution < 1.29 is 28.8 Å². The Bertz CT molecular complexity index is 1200. The summed E-state index contributed by atoms with van der Waals surface area (Å²) in [5.41, 5.74) is -0.637. The van der Waals surface area contributed by atoms with Crippen LogP contribution in [0.3, 0.4) is 0 Å². The van der Waals surface area contributed by atoms with E-state index < -0.39 is 52.5 Å². The van der Waals surface area contributed by atoms with E-state index in [-0.39, 0.29) is 11.1 Å². The van der Waals surface area contributed by atoms with Gasteiger partial charge in [-0.2, -0.15) is 5.01 Å². The van der Waals surface area contributed by atoms with Gasteiger partial charge < -0.3 is 4.74 Å². The maximum atomic E-state index is 13.5. The van der Waals surface area contributed by atoms with Crippen molar-refractivity contribution in [2.24, 2.45) is 11.8 Å². The lowest BCUT2D eigenvalue weighted by Gasteiger charge is -2.30. The third-order valence-electron chi connectivity index (χ3n) is 5.98. The minimum absolute atomic E-state index is 0.192.